The minimum absolute atomic E-state index is 0.0139. The minimum Gasteiger partial charge on any atom is -0.302 e. The summed E-state index contributed by atoms with van der Waals surface area (Å²) in [6, 6.07) is 14.7. The van der Waals surface area contributed by atoms with Gasteiger partial charge in [-0.05, 0) is 30.3 Å². The molecule has 1 amide bonds. The van der Waals surface area contributed by atoms with E-state index in [0.29, 0.717) is 16.5 Å². The molecule has 2 aromatic carbocycles. The second-order valence-corrected chi connectivity index (χ2v) is 5.23. The number of hydrogen-bond acceptors (Lipinski definition) is 3. The van der Waals surface area contributed by atoms with Gasteiger partial charge < -0.3 is 4.98 Å². The highest BCUT2D eigenvalue weighted by molar-refractivity contribution is 14.1. The monoisotopic (exact) mass is 415 g/mol. The van der Waals surface area contributed by atoms with Crippen LogP contribution in [0.25, 0.3) is 10.9 Å². The molecule has 0 aliphatic rings. The van der Waals surface area contributed by atoms with Gasteiger partial charge in [0.25, 0.3) is 11.5 Å². The van der Waals surface area contributed by atoms with Crippen LogP contribution >= 0.6 is 22.9 Å². The summed E-state index contributed by atoms with van der Waals surface area (Å²) in [7, 11) is 0. The molecule has 0 spiro atoms. The van der Waals surface area contributed by atoms with E-state index in [2.05, 4.69) is 25.3 Å². The Morgan fingerprint density at radius 1 is 1.09 bits per heavy atom. The first-order valence-electron chi connectivity index (χ1n) is 6.69. The fourth-order valence-electron chi connectivity index (χ4n) is 2.03. The number of fused-ring (bicyclic) bond motifs is 1. The van der Waals surface area contributed by atoms with Gasteiger partial charge >= 0.3 is 0 Å². The minimum atomic E-state index is -0.447. The quantitative estimate of drug-likeness (QED) is 0.364. The van der Waals surface area contributed by atoms with Crippen LogP contribution in [0.3, 0.4) is 0 Å². The van der Waals surface area contributed by atoms with E-state index in [-0.39, 0.29) is 11.4 Å². The molecule has 2 N–H and O–H groups in total. The van der Waals surface area contributed by atoms with Crippen molar-refractivity contribution in [3.05, 3.63) is 75.8 Å². The summed E-state index contributed by atoms with van der Waals surface area (Å²) < 4.78 is 2.40. The number of H-pyrrole nitrogens is 1. The summed E-state index contributed by atoms with van der Waals surface area (Å²) in [6.45, 7) is 0. The van der Waals surface area contributed by atoms with Gasteiger partial charge in [0, 0.05) is 11.1 Å². The predicted molar refractivity (Wildman–Crippen MR) is 96.3 cm³/mol. The van der Waals surface area contributed by atoms with Gasteiger partial charge in [-0.2, -0.15) is 0 Å². The molecule has 0 fully saturated rings. The Hall–Kier alpha value is -2.66. The average Bonchev–Trinajstić information content (AvgIpc) is 2.60. The molecular formula is C17H10IN3O2. The summed E-state index contributed by atoms with van der Waals surface area (Å²) >= 11 is 1.69. The van der Waals surface area contributed by atoms with Crippen LogP contribution in [0.1, 0.15) is 21.7 Å². The van der Waals surface area contributed by atoms with E-state index in [1.165, 1.54) is 0 Å². The molecule has 0 aliphatic heterocycles. The van der Waals surface area contributed by atoms with Crippen molar-refractivity contribution in [1.82, 2.24) is 13.5 Å². The van der Waals surface area contributed by atoms with Crippen LogP contribution in [0.4, 0.5) is 0 Å². The van der Waals surface area contributed by atoms with Gasteiger partial charge in [-0.15, -0.1) is 0 Å². The molecule has 6 heteroatoms. The molecule has 5 nitrogen and oxygen atoms in total. The first kappa shape index (κ1) is 15.2. The second-order valence-electron chi connectivity index (χ2n) is 4.69. The number of hydrogen-bond donors (Lipinski definition) is 2. The van der Waals surface area contributed by atoms with Gasteiger partial charge in [-0.1, -0.05) is 30.0 Å². The van der Waals surface area contributed by atoms with Gasteiger partial charge in [-0.3, -0.25) is 13.1 Å². The van der Waals surface area contributed by atoms with Crippen molar-refractivity contribution in [2.75, 3.05) is 0 Å². The lowest BCUT2D eigenvalue weighted by Gasteiger charge is -2.01. The molecule has 3 aromatic rings. The van der Waals surface area contributed by atoms with Crippen LogP contribution in [0.15, 0.2) is 53.3 Å². The van der Waals surface area contributed by atoms with E-state index in [0.717, 1.165) is 5.56 Å². The fourth-order valence-corrected chi connectivity index (χ4v) is 2.29. The largest absolute Gasteiger partial charge is 0.302 e. The van der Waals surface area contributed by atoms with Crippen molar-refractivity contribution in [3.63, 3.8) is 0 Å². The maximum absolute atomic E-state index is 12.1. The lowest BCUT2D eigenvalue weighted by Crippen LogP contribution is -2.21. The van der Waals surface area contributed by atoms with Crippen molar-refractivity contribution in [2.24, 2.45) is 0 Å². The van der Waals surface area contributed by atoms with Crippen LogP contribution in [-0.2, 0) is 0 Å². The number of aromatic amines is 1. The number of rotatable bonds is 1. The molecule has 0 aliphatic carbocycles. The first-order valence-corrected chi connectivity index (χ1v) is 7.77. The molecule has 3 rings (SSSR count). The lowest BCUT2D eigenvalue weighted by atomic mass is 10.1. The predicted octanol–water partition coefficient (Wildman–Crippen LogP) is 2.40. The number of benzene rings is 2. The third-order valence-corrected chi connectivity index (χ3v) is 3.62. The SMILES string of the molecule is O=C(NI)c1nc2ccc(C#Cc3ccccc3)cc2c(=O)[nH]1. The van der Waals surface area contributed by atoms with Gasteiger partial charge in [0.15, 0.2) is 5.82 Å². The summed E-state index contributed by atoms with van der Waals surface area (Å²) in [6.07, 6.45) is 0. The summed E-state index contributed by atoms with van der Waals surface area (Å²) in [4.78, 5) is 30.3. The highest BCUT2D eigenvalue weighted by Crippen LogP contribution is 2.10. The number of amides is 1. The van der Waals surface area contributed by atoms with Gasteiger partial charge in [0.2, 0.25) is 0 Å². The maximum Gasteiger partial charge on any atom is 0.295 e. The average molecular weight is 415 g/mol. The third-order valence-electron chi connectivity index (χ3n) is 3.13. The molecule has 0 saturated carbocycles. The zero-order valence-electron chi connectivity index (χ0n) is 11.8. The molecule has 112 valence electrons. The number of halogens is 1. The van der Waals surface area contributed by atoms with Crippen molar-refractivity contribution < 1.29 is 4.79 Å². The smallest absolute Gasteiger partial charge is 0.295 e. The summed E-state index contributed by atoms with van der Waals surface area (Å²) in [5.74, 6) is 5.59. The Morgan fingerprint density at radius 3 is 2.57 bits per heavy atom. The third kappa shape index (κ3) is 3.40. The molecule has 1 aromatic heterocycles. The fraction of sp³-hybridized carbons (Fsp3) is 0. The Kier molecular flexibility index (Phi) is 4.39. The van der Waals surface area contributed by atoms with E-state index >= 15 is 0 Å². The van der Waals surface area contributed by atoms with Crippen LogP contribution < -0.4 is 9.09 Å². The van der Waals surface area contributed by atoms with Crippen molar-refractivity contribution >= 4 is 39.7 Å². The van der Waals surface area contributed by atoms with Gasteiger partial charge in [0.05, 0.1) is 33.8 Å². The van der Waals surface area contributed by atoms with Gasteiger partial charge in [0.1, 0.15) is 0 Å². The van der Waals surface area contributed by atoms with E-state index in [1.807, 2.05) is 30.3 Å². The molecular weight excluding hydrogens is 405 g/mol. The summed E-state index contributed by atoms with van der Waals surface area (Å²) in [5.41, 5.74) is 1.69. The molecule has 0 unspecified atom stereocenters. The molecule has 0 atom stereocenters. The number of aromatic nitrogens is 2. The molecule has 0 saturated heterocycles. The highest BCUT2D eigenvalue weighted by Gasteiger charge is 2.10. The van der Waals surface area contributed by atoms with E-state index in [1.54, 1.807) is 41.1 Å². The molecule has 23 heavy (non-hydrogen) atoms. The molecule has 0 bridgehead atoms. The van der Waals surface area contributed by atoms with Crippen molar-refractivity contribution in [2.45, 2.75) is 0 Å². The van der Waals surface area contributed by atoms with Crippen LogP contribution in [0.5, 0.6) is 0 Å². The number of carbonyl (C=O) groups excluding carboxylic acids is 1. The lowest BCUT2D eigenvalue weighted by molar-refractivity contribution is 0.0980. The van der Waals surface area contributed by atoms with Crippen LogP contribution in [0.2, 0.25) is 0 Å². The van der Waals surface area contributed by atoms with Crippen molar-refractivity contribution in [3.8, 4) is 11.8 Å². The number of nitrogens with zero attached hydrogens (tertiary/aromatic N) is 1. The van der Waals surface area contributed by atoms with Crippen LogP contribution in [0, 0.1) is 11.8 Å². The van der Waals surface area contributed by atoms with E-state index in [4.69, 9.17) is 0 Å². The van der Waals surface area contributed by atoms with Crippen LogP contribution in [-0.4, -0.2) is 15.9 Å². The Bertz CT molecular complexity index is 1000. The van der Waals surface area contributed by atoms with E-state index < -0.39 is 5.91 Å². The van der Waals surface area contributed by atoms with Gasteiger partial charge in [-0.25, -0.2) is 4.98 Å². The zero-order chi connectivity index (χ0) is 16.2. The Morgan fingerprint density at radius 2 is 1.83 bits per heavy atom. The topological polar surface area (TPSA) is 74.8 Å². The maximum atomic E-state index is 12.1. The number of nitrogens with one attached hydrogen (secondary N) is 2. The summed E-state index contributed by atoms with van der Waals surface area (Å²) in [5, 5.41) is 0.398. The normalized spacial score (nSPS) is 9.96. The standard InChI is InChI=1S/C17H10IN3O2/c18-21-17(23)15-19-14-9-8-12(10-13(14)16(22)20-15)7-6-11-4-2-1-3-5-11/h1-5,8-10H,(H,21,23)(H,19,20,22). The van der Waals surface area contributed by atoms with Crippen molar-refractivity contribution in [1.29, 1.82) is 0 Å². The highest BCUT2D eigenvalue weighted by atomic mass is 127. The Labute approximate surface area is 145 Å². The zero-order valence-corrected chi connectivity index (χ0v) is 13.9. The second kappa shape index (κ2) is 6.62. The first-order chi connectivity index (χ1) is 11.2. The molecule has 0 radical (unpaired) electrons. The number of carbonyl (C=O) groups is 1. The Balaban J connectivity index is 2.03. The molecule has 1 heterocycles. The van der Waals surface area contributed by atoms with E-state index in [9.17, 15) is 9.59 Å².